The van der Waals surface area contributed by atoms with Crippen LogP contribution in [-0.2, 0) is 16.1 Å². The largest absolute Gasteiger partial charge is 0.496 e. The first kappa shape index (κ1) is 27.6. The van der Waals surface area contributed by atoms with Gasteiger partial charge >= 0.3 is 12.0 Å². The summed E-state index contributed by atoms with van der Waals surface area (Å²) in [5.74, 6) is -1.29. The topological polar surface area (TPSA) is 156 Å². The fourth-order valence-electron chi connectivity index (χ4n) is 4.15. The molecule has 0 saturated carbocycles. The summed E-state index contributed by atoms with van der Waals surface area (Å²) < 4.78 is 5.42. The maximum absolute atomic E-state index is 13.6. The molecule has 1 aliphatic heterocycles. The van der Waals surface area contributed by atoms with E-state index in [2.05, 4.69) is 15.8 Å². The van der Waals surface area contributed by atoms with Crippen molar-refractivity contribution in [1.82, 2.24) is 15.5 Å². The number of hydrogen-bond donors (Lipinski definition) is 4. The van der Waals surface area contributed by atoms with Gasteiger partial charge in [0, 0.05) is 17.3 Å². The van der Waals surface area contributed by atoms with Crippen LogP contribution in [-0.4, -0.2) is 61.1 Å². The van der Waals surface area contributed by atoms with Gasteiger partial charge in [0.2, 0.25) is 5.91 Å². The van der Waals surface area contributed by atoms with E-state index in [0.717, 1.165) is 10.5 Å². The van der Waals surface area contributed by atoms with Crippen LogP contribution in [0.5, 0.6) is 5.75 Å². The summed E-state index contributed by atoms with van der Waals surface area (Å²) >= 11 is 6.17. The van der Waals surface area contributed by atoms with Crippen LogP contribution in [0.2, 0.25) is 5.02 Å². The zero-order valence-electron chi connectivity index (χ0n) is 20.8. The highest BCUT2D eigenvalue weighted by atomic mass is 35.5. The highest BCUT2D eigenvalue weighted by Crippen LogP contribution is 2.27. The number of carbonyl (C=O) groups excluding carboxylic acids is 2. The molecule has 37 heavy (non-hydrogen) atoms. The van der Waals surface area contributed by atoms with Gasteiger partial charge in [-0.15, -0.1) is 0 Å². The molecule has 0 aromatic heterocycles. The molecular weight excluding hydrogens is 502 g/mol. The van der Waals surface area contributed by atoms with Crippen molar-refractivity contribution in [3.05, 3.63) is 58.1 Å². The second-order valence-corrected chi connectivity index (χ2v) is 8.88. The van der Waals surface area contributed by atoms with Crippen molar-refractivity contribution >= 4 is 41.0 Å². The van der Waals surface area contributed by atoms with Crippen molar-refractivity contribution in [2.45, 2.75) is 25.8 Å². The molecule has 2 atom stereocenters. The lowest BCUT2D eigenvalue weighted by Gasteiger charge is -2.26. The standard InChI is InChI=1S/C25H30ClN5O6/c1-4-20(14-5-7-18(24(33)34)19(27)11-14)29-25(35)31-13-22(30-37-3)28-12-16(23(31)32)9-15-10-17(26)6-8-21(15)36-2/h5-8,10-11,16,20H,4,9,12-13,27H2,1-3H3,(H,28,30)(H,29,35)(H,33,34). The molecule has 1 saturated heterocycles. The van der Waals surface area contributed by atoms with Crippen molar-refractivity contribution < 1.29 is 29.1 Å². The fraction of sp³-hybridized carbons (Fsp3) is 0.360. The number of aromatic carboxylic acids is 1. The van der Waals surface area contributed by atoms with Gasteiger partial charge in [0.15, 0.2) is 5.84 Å². The molecule has 5 N–H and O–H groups in total. The van der Waals surface area contributed by atoms with Crippen LogP contribution >= 0.6 is 11.6 Å². The third-order valence-electron chi connectivity index (χ3n) is 6.05. The number of nitrogens with one attached hydrogen (secondary N) is 2. The van der Waals surface area contributed by atoms with Crippen LogP contribution in [0.1, 0.15) is 40.9 Å². The zero-order chi connectivity index (χ0) is 27.1. The van der Waals surface area contributed by atoms with E-state index >= 15 is 0 Å². The Morgan fingerprint density at radius 1 is 1.30 bits per heavy atom. The Labute approximate surface area is 219 Å². The number of nitrogens with two attached hydrogens (primary N) is 1. The Bertz CT molecular complexity index is 1200. The van der Waals surface area contributed by atoms with E-state index in [9.17, 15) is 19.5 Å². The minimum atomic E-state index is -1.14. The van der Waals surface area contributed by atoms with E-state index in [1.165, 1.54) is 26.4 Å². The van der Waals surface area contributed by atoms with Crippen LogP contribution in [0.4, 0.5) is 10.5 Å². The van der Waals surface area contributed by atoms with Crippen molar-refractivity contribution in [3.8, 4) is 5.75 Å². The van der Waals surface area contributed by atoms with E-state index in [0.29, 0.717) is 28.6 Å². The number of carboxylic acid groups (broad SMARTS) is 1. The minimum absolute atomic E-state index is 0.0293. The molecule has 0 bridgehead atoms. The van der Waals surface area contributed by atoms with E-state index in [-0.39, 0.29) is 30.8 Å². The average Bonchev–Trinajstić information content (AvgIpc) is 3.01. The van der Waals surface area contributed by atoms with E-state index in [1.807, 2.05) is 6.92 Å². The number of anilines is 1. The molecular formula is C25H30ClN5O6. The van der Waals surface area contributed by atoms with Gasteiger partial charge in [0.05, 0.1) is 31.2 Å². The number of amidine groups is 1. The number of urea groups is 1. The van der Waals surface area contributed by atoms with Crippen molar-refractivity contribution in [3.63, 3.8) is 0 Å². The SMILES string of the molecule is CCC(NC(=O)N1C/C(=N/OC)NCC(Cc2cc(Cl)ccc2OC)C1=O)c1ccc(C(=O)O)c(N)c1. The molecule has 0 radical (unpaired) electrons. The van der Waals surface area contributed by atoms with Gasteiger partial charge in [-0.3, -0.25) is 9.69 Å². The summed E-state index contributed by atoms with van der Waals surface area (Å²) in [5, 5.41) is 19.6. The van der Waals surface area contributed by atoms with Gasteiger partial charge in [-0.1, -0.05) is 29.7 Å². The lowest BCUT2D eigenvalue weighted by Crippen LogP contribution is -2.48. The zero-order valence-corrected chi connectivity index (χ0v) is 21.5. The summed E-state index contributed by atoms with van der Waals surface area (Å²) in [7, 11) is 2.90. The van der Waals surface area contributed by atoms with Crippen molar-refractivity contribution in [2.24, 2.45) is 11.1 Å². The van der Waals surface area contributed by atoms with Gasteiger partial charge in [0.25, 0.3) is 0 Å². The number of nitrogens with zero attached hydrogens (tertiary/aromatic N) is 2. The maximum atomic E-state index is 13.6. The molecule has 2 unspecified atom stereocenters. The molecule has 2 aromatic carbocycles. The number of carbonyl (C=O) groups is 3. The smallest absolute Gasteiger partial charge is 0.337 e. The van der Waals surface area contributed by atoms with E-state index < -0.39 is 29.9 Å². The lowest BCUT2D eigenvalue weighted by atomic mass is 9.97. The van der Waals surface area contributed by atoms with E-state index in [4.69, 9.17) is 26.9 Å². The number of benzene rings is 2. The molecule has 11 nitrogen and oxygen atoms in total. The van der Waals surface area contributed by atoms with Gasteiger partial charge in [-0.05, 0) is 54.3 Å². The molecule has 1 aliphatic rings. The Morgan fingerprint density at radius 2 is 2.05 bits per heavy atom. The Hall–Kier alpha value is -3.99. The quantitative estimate of drug-likeness (QED) is 0.299. The molecule has 0 aliphatic carbocycles. The summed E-state index contributed by atoms with van der Waals surface area (Å²) in [4.78, 5) is 44.2. The second kappa shape index (κ2) is 12.3. The van der Waals surface area contributed by atoms with Crippen LogP contribution in [0, 0.1) is 5.92 Å². The number of oxime groups is 1. The van der Waals surface area contributed by atoms with Gasteiger partial charge in [0.1, 0.15) is 12.9 Å². The summed E-state index contributed by atoms with van der Waals surface area (Å²) in [5.41, 5.74) is 7.29. The number of methoxy groups -OCH3 is 1. The number of amides is 3. The van der Waals surface area contributed by atoms with Crippen LogP contribution in [0.15, 0.2) is 41.6 Å². The number of halogens is 1. The molecule has 3 rings (SSSR count). The Balaban J connectivity index is 1.87. The Morgan fingerprint density at radius 3 is 2.68 bits per heavy atom. The number of ether oxygens (including phenoxy) is 1. The highest BCUT2D eigenvalue weighted by Gasteiger charge is 2.35. The molecule has 2 aromatic rings. The molecule has 1 fully saturated rings. The van der Waals surface area contributed by atoms with Crippen LogP contribution < -0.4 is 21.1 Å². The van der Waals surface area contributed by atoms with Crippen molar-refractivity contribution in [1.29, 1.82) is 0 Å². The minimum Gasteiger partial charge on any atom is -0.496 e. The summed E-state index contributed by atoms with van der Waals surface area (Å²) in [6.45, 7) is 1.94. The summed E-state index contributed by atoms with van der Waals surface area (Å²) in [6, 6.07) is 8.49. The average molecular weight is 532 g/mol. The molecule has 198 valence electrons. The molecule has 0 spiro atoms. The highest BCUT2D eigenvalue weighted by molar-refractivity contribution is 6.30. The molecule has 12 heteroatoms. The number of hydrogen-bond acceptors (Lipinski definition) is 7. The predicted octanol–water partition coefficient (Wildman–Crippen LogP) is 3.04. The maximum Gasteiger partial charge on any atom is 0.337 e. The third-order valence-corrected chi connectivity index (χ3v) is 6.28. The van der Waals surface area contributed by atoms with Gasteiger partial charge in [-0.2, -0.15) is 0 Å². The molecule has 1 heterocycles. The van der Waals surface area contributed by atoms with Gasteiger partial charge in [-0.25, -0.2) is 9.59 Å². The van der Waals surface area contributed by atoms with Crippen LogP contribution in [0.3, 0.4) is 0 Å². The first-order chi connectivity index (χ1) is 17.7. The third kappa shape index (κ3) is 6.62. The van der Waals surface area contributed by atoms with Crippen molar-refractivity contribution in [2.75, 3.05) is 33.0 Å². The number of nitrogen functional groups attached to an aromatic ring is 1. The second-order valence-electron chi connectivity index (χ2n) is 8.45. The number of imide groups is 1. The predicted molar refractivity (Wildman–Crippen MR) is 139 cm³/mol. The monoisotopic (exact) mass is 531 g/mol. The first-order valence-corrected chi connectivity index (χ1v) is 12.0. The first-order valence-electron chi connectivity index (χ1n) is 11.6. The fourth-order valence-corrected chi connectivity index (χ4v) is 4.34. The lowest BCUT2D eigenvalue weighted by molar-refractivity contribution is -0.131. The van der Waals surface area contributed by atoms with Crippen LogP contribution in [0.25, 0.3) is 0 Å². The Kier molecular flexibility index (Phi) is 9.18. The van der Waals surface area contributed by atoms with E-state index in [1.54, 1.807) is 24.3 Å². The van der Waals surface area contributed by atoms with Gasteiger partial charge < -0.3 is 31.0 Å². The summed E-state index contributed by atoms with van der Waals surface area (Å²) in [6.07, 6.45) is 0.740. The molecule has 3 amide bonds. The normalized spacial score (nSPS) is 17.5. The number of carboxylic acids is 1. The number of rotatable bonds is 8.